The number of nitrogens with zero attached hydrogens (tertiary/aromatic N) is 4. The second kappa shape index (κ2) is 8.81. The fourth-order valence-corrected chi connectivity index (χ4v) is 8.00. The molecular weight excluding hydrogens is 545 g/mol. The number of fused-ring (bicyclic) bond motifs is 9. The molecule has 0 fully saturated rings. The first-order chi connectivity index (χ1) is 21.2. The van der Waals surface area contributed by atoms with Gasteiger partial charge in [-0.3, -0.25) is 0 Å². The number of hydrogen-bond acceptors (Lipinski definition) is 2. The van der Waals surface area contributed by atoms with Crippen molar-refractivity contribution in [3.63, 3.8) is 0 Å². The van der Waals surface area contributed by atoms with Crippen molar-refractivity contribution < 1.29 is 0 Å². The Hall–Kier alpha value is -5.88. The van der Waals surface area contributed by atoms with E-state index in [2.05, 4.69) is 105 Å². The lowest BCUT2D eigenvalue weighted by Gasteiger charge is -2.11. The molecule has 0 aliphatic rings. The predicted molar refractivity (Wildman–Crippen MR) is 179 cm³/mol. The zero-order chi connectivity index (χ0) is 28.7. The molecule has 0 bridgehead atoms. The smallest absolute Gasteiger partial charge is 0.188 e. The van der Waals surface area contributed by atoms with Crippen molar-refractivity contribution in [1.29, 1.82) is 5.26 Å². The molecule has 0 aliphatic heterocycles. The van der Waals surface area contributed by atoms with Crippen LogP contribution in [0.25, 0.3) is 80.0 Å². The summed E-state index contributed by atoms with van der Waals surface area (Å²) in [7, 11) is 0. The molecule has 0 unspecified atom stereocenters. The summed E-state index contributed by atoms with van der Waals surface area (Å²) in [5.41, 5.74) is 7.87. The van der Waals surface area contributed by atoms with E-state index in [0.717, 1.165) is 27.5 Å². The Morgan fingerprint density at radius 2 is 1.19 bits per heavy atom. The van der Waals surface area contributed by atoms with Crippen LogP contribution in [0.5, 0.6) is 0 Å². The molecule has 0 atom stereocenters. The highest BCUT2D eigenvalue weighted by molar-refractivity contribution is 7.26. The molecule has 0 saturated heterocycles. The summed E-state index contributed by atoms with van der Waals surface area (Å²) in [6, 6.07) is 44.4. The molecule has 0 N–H and O–H groups in total. The largest absolute Gasteiger partial charge is 0.309 e. The minimum absolute atomic E-state index is 0.587. The zero-order valence-electron chi connectivity index (χ0n) is 22.7. The molecule has 3 aromatic heterocycles. The summed E-state index contributed by atoms with van der Waals surface area (Å²) in [5.74, 6) is 0. The number of thiophene rings is 1. The standard InChI is InChI=1S/C38H20N4S/c1-40-24-17-19-33-29(21-24)28-20-23(22-39)16-18-32(28)41(33)34-13-7-15-36-37(34)27-10-6-14-35(38(27)43-36)42-30-11-4-2-8-25(30)26-9-3-5-12-31(26)42/h2-21H. The molecule has 43 heavy (non-hydrogen) atoms. The van der Waals surface area contributed by atoms with E-state index in [1.54, 1.807) is 0 Å². The second-order valence-electron chi connectivity index (χ2n) is 10.8. The molecule has 5 heteroatoms. The minimum atomic E-state index is 0.587. The summed E-state index contributed by atoms with van der Waals surface area (Å²) in [6.45, 7) is 7.60. The fourth-order valence-electron chi connectivity index (χ4n) is 6.77. The number of hydrogen-bond donors (Lipinski definition) is 0. The zero-order valence-corrected chi connectivity index (χ0v) is 23.6. The van der Waals surface area contributed by atoms with E-state index in [9.17, 15) is 5.26 Å². The van der Waals surface area contributed by atoms with Crippen molar-refractivity contribution in [3.05, 3.63) is 138 Å². The van der Waals surface area contributed by atoms with Gasteiger partial charge in [-0.05, 0) is 66.0 Å². The Morgan fingerprint density at radius 3 is 1.93 bits per heavy atom. The first-order valence-electron chi connectivity index (χ1n) is 14.0. The monoisotopic (exact) mass is 564 g/mol. The third-order valence-corrected chi connectivity index (χ3v) is 9.74. The van der Waals surface area contributed by atoms with E-state index in [0.29, 0.717) is 11.3 Å². The molecule has 198 valence electrons. The van der Waals surface area contributed by atoms with E-state index in [1.165, 1.54) is 47.7 Å². The van der Waals surface area contributed by atoms with Crippen LogP contribution in [0.2, 0.25) is 0 Å². The quantitative estimate of drug-likeness (QED) is 0.192. The molecule has 9 aromatic rings. The van der Waals surface area contributed by atoms with Gasteiger partial charge in [0.15, 0.2) is 5.69 Å². The van der Waals surface area contributed by atoms with Gasteiger partial charge < -0.3 is 9.13 Å². The van der Waals surface area contributed by atoms with E-state index >= 15 is 0 Å². The Morgan fingerprint density at radius 1 is 0.581 bits per heavy atom. The summed E-state index contributed by atoms with van der Waals surface area (Å²) in [4.78, 5) is 3.69. The second-order valence-corrected chi connectivity index (χ2v) is 11.8. The summed E-state index contributed by atoms with van der Waals surface area (Å²) in [5, 5.41) is 16.5. The number of para-hydroxylation sites is 2. The van der Waals surface area contributed by atoms with Gasteiger partial charge in [-0.15, -0.1) is 11.3 Å². The molecule has 0 saturated carbocycles. The average Bonchev–Trinajstić information content (AvgIpc) is 3.72. The van der Waals surface area contributed by atoms with E-state index in [4.69, 9.17) is 6.57 Å². The average molecular weight is 565 g/mol. The van der Waals surface area contributed by atoms with E-state index in [1.807, 2.05) is 47.7 Å². The van der Waals surface area contributed by atoms with Crippen molar-refractivity contribution in [2.45, 2.75) is 0 Å². The van der Waals surface area contributed by atoms with Crippen molar-refractivity contribution in [3.8, 4) is 17.4 Å². The van der Waals surface area contributed by atoms with Crippen LogP contribution in [0.4, 0.5) is 5.69 Å². The van der Waals surface area contributed by atoms with Gasteiger partial charge in [-0.2, -0.15) is 5.26 Å². The predicted octanol–water partition coefficient (Wildman–Crippen LogP) is 10.7. The molecule has 0 radical (unpaired) electrons. The minimum Gasteiger partial charge on any atom is -0.309 e. The number of aromatic nitrogens is 2. The highest BCUT2D eigenvalue weighted by Gasteiger charge is 2.20. The first-order valence-corrected chi connectivity index (χ1v) is 14.9. The van der Waals surface area contributed by atoms with Gasteiger partial charge in [0.25, 0.3) is 0 Å². The lowest BCUT2D eigenvalue weighted by Crippen LogP contribution is -1.95. The fraction of sp³-hybridized carbons (Fsp3) is 0. The molecule has 0 amide bonds. The lowest BCUT2D eigenvalue weighted by molar-refractivity contribution is 1.20. The molecular formula is C38H20N4S. The molecule has 4 nitrogen and oxygen atoms in total. The first kappa shape index (κ1) is 23.8. The van der Waals surface area contributed by atoms with Gasteiger partial charge in [0.1, 0.15) is 0 Å². The van der Waals surface area contributed by atoms with Crippen LogP contribution in [-0.4, -0.2) is 9.13 Å². The Balaban J connectivity index is 1.40. The van der Waals surface area contributed by atoms with E-state index in [-0.39, 0.29) is 0 Å². The van der Waals surface area contributed by atoms with Crippen LogP contribution in [0.15, 0.2) is 121 Å². The highest BCUT2D eigenvalue weighted by Crippen LogP contribution is 2.44. The van der Waals surface area contributed by atoms with Crippen LogP contribution >= 0.6 is 11.3 Å². The molecule has 3 heterocycles. The van der Waals surface area contributed by atoms with Gasteiger partial charge in [0.05, 0.1) is 56.3 Å². The molecule has 0 spiro atoms. The normalized spacial score (nSPS) is 11.7. The van der Waals surface area contributed by atoms with Gasteiger partial charge in [0.2, 0.25) is 0 Å². The maximum absolute atomic E-state index is 9.66. The third kappa shape index (κ3) is 3.23. The Kier molecular flexibility index (Phi) is 4.87. The Labute approximate surface area is 250 Å². The number of rotatable bonds is 2. The maximum Gasteiger partial charge on any atom is 0.188 e. The Bertz CT molecular complexity index is 2580. The summed E-state index contributed by atoms with van der Waals surface area (Å²) in [6.07, 6.45) is 0. The van der Waals surface area contributed by atoms with Gasteiger partial charge in [-0.1, -0.05) is 60.7 Å². The van der Waals surface area contributed by atoms with Crippen molar-refractivity contribution in [2.24, 2.45) is 0 Å². The summed E-state index contributed by atoms with van der Waals surface area (Å²) >= 11 is 1.82. The van der Waals surface area contributed by atoms with Crippen LogP contribution in [0.1, 0.15) is 5.56 Å². The van der Waals surface area contributed by atoms with E-state index < -0.39 is 0 Å². The molecule has 0 aliphatic carbocycles. The van der Waals surface area contributed by atoms with Crippen molar-refractivity contribution in [1.82, 2.24) is 9.13 Å². The third-order valence-electron chi connectivity index (χ3n) is 8.55. The van der Waals surface area contributed by atoms with Crippen molar-refractivity contribution >= 4 is 80.8 Å². The molecule has 9 rings (SSSR count). The lowest BCUT2D eigenvalue weighted by atomic mass is 10.1. The van der Waals surface area contributed by atoms with Crippen LogP contribution in [0, 0.1) is 17.9 Å². The van der Waals surface area contributed by atoms with Crippen LogP contribution in [-0.2, 0) is 0 Å². The van der Waals surface area contributed by atoms with Crippen LogP contribution in [0.3, 0.4) is 0 Å². The topological polar surface area (TPSA) is 38.0 Å². The molecule has 6 aromatic carbocycles. The SMILES string of the molecule is [C-]#[N+]c1ccc2c(c1)c1cc(C#N)ccc1n2-c1cccc2sc3c(-n4c5ccccc5c5ccccc54)cccc3c12. The van der Waals surface area contributed by atoms with Gasteiger partial charge >= 0.3 is 0 Å². The number of nitriles is 1. The van der Waals surface area contributed by atoms with Gasteiger partial charge in [-0.25, -0.2) is 4.85 Å². The summed E-state index contributed by atoms with van der Waals surface area (Å²) < 4.78 is 7.14. The maximum atomic E-state index is 9.66. The van der Waals surface area contributed by atoms with Crippen molar-refractivity contribution in [2.75, 3.05) is 0 Å². The highest BCUT2D eigenvalue weighted by atomic mass is 32.1. The number of benzene rings is 6. The van der Waals surface area contributed by atoms with Crippen LogP contribution < -0.4 is 0 Å². The van der Waals surface area contributed by atoms with Gasteiger partial charge in [0, 0.05) is 31.6 Å².